The lowest BCUT2D eigenvalue weighted by molar-refractivity contribution is -0.151. The van der Waals surface area contributed by atoms with Crippen molar-refractivity contribution in [1.82, 2.24) is 4.90 Å². The van der Waals surface area contributed by atoms with Crippen molar-refractivity contribution < 1.29 is 19.1 Å². The third kappa shape index (κ3) is 4.37. The Balaban J connectivity index is 2.38. The van der Waals surface area contributed by atoms with E-state index in [1.165, 1.54) is 7.05 Å². The molecule has 5 heteroatoms. The minimum atomic E-state index is -0.702. The summed E-state index contributed by atoms with van der Waals surface area (Å²) in [6.07, 6.45) is 0. The van der Waals surface area contributed by atoms with Crippen LogP contribution >= 0.6 is 0 Å². The second-order valence-electron chi connectivity index (χ2n) is 3.86. The maximum Gasteiger partial charge on any atom is 0.325 e. The predicted octanol–water partition coefficient (Wildman–Crippen LogP) is 0.777. The molecule has 0 radical (unpaired) electrons. The molecule has 0 N–H and O–H groups in total. The largest absolute Gasteiger partial charge is 0.459 e. The molecule has 18 heavy (non-hydrogen) atoms. The molecule has 1 aromatic carbocycles. The molecule has 0 fully saturated rings. The fourth-order valence-corrected chi connectivity index (χ4v) is 1.32. The summed E-state index contributed by atoms with van der Waals surface area (Å²) >= 11 is 0. The van der Waals surface area contributed by atoms with Gasteiger partial charge >= 0.3 is 5.97 Å². The first-order valence-electron chi connectivity index (χ1n) is 5.46. The summed E-state index contributed by atoms with van der Waals surface area (Å²) in [6.45, 7) is 1.08. The topological polar surface area (TPSA) is 63.7 Å². The number of ketones is 1. The van der Waals surface area contributed by atoms with Crippen LogP contribution in [-0.4, -0.2) is 36.2 Å². The number of carbonyl (C=O) groups is 3. The minimum absolute atomic E-state index is 0.155. The molecular weight excluding hydrogens is 234 g/mol. The van der Waals surface area contributed by atoms with Crippen LogP contribution in [0.3, 0.4) is 0 Å². The highest BCUT2D eigenvalue weighted by Gasteiger charge is 2.17. The van der Waals surface area contributed by atoms with Crippen LogP contribution in [0.15, 0.2) is 30.3 Å². The molecule has 1 amide bonds. The first-order chi connectivity index (χ1) is 8.50. The van der Waals surface area contributed by atoms with Crippen molar-refractivity contribution in [1.29, 1.82) is 0 Å². The van der Waals surface area contributed by atoms with Gasteiger partial charge in [0.25, 0.3) is 5.91 Å². The molecule has 0 aliphatic rings. The van der Waals surface area contributed by atoms with Crippen LogP contribution in [0.5, 0.6) is 0 Å². The number of amides is 1. The minimum Gasteiger partial charge on any atom is -0.459 e. The van der Waals surface area contributed by atoms with Crippen LogP contribution in [0.25, 0.3) is 0 Å². The van der Waals surface area contributed by atoms with Crippen LogP contribution in [0.4, 0.5) is 0 Å². The van der Waals surface area contributed by atoms with E-state index in [0.29, 0.717) is 0 Å². The van der Waals surface area contributed by atoms with Gasteiger partial charge < -0.3 is 9.64 Å². The van der Waals surface area contributed by atoms with E-state index in [1.807, 2.05) is 30.3 Å². The van der Waals surface area contributed by atoms with Gasteiger partial charge in [-0.05, 0) is 5.56 Å². The Labute approximate surface area is 105 Å². The van der Waals surface area contributed by atoms with E-state index >= 15 is 0 Å². The average molecular weight is 249 g/mol. The number of nitrogens with zero attached hydrogens (tertiary/aromatic N) is 1. The van der Waals surface area contributed by atoms with Crippen LogP contribution in [0.1, 0.15) is 12.5 Å². The molecule has 1 rings (SSSR count). The molecule has 0 atom stereocenters. The maximum atomic E-state index is 11.4. The van der Waals surface area contributed by atoms with Gasteiger partial charge in [-0.1, -0.05) is 30.3 Å². The Morgan fingerprint density at radius 1 is 1.17 bits per heavy atom. The zero-order valence-corrected chi connectivity index (χ0v) is 10.4. The van der Waals surface area contributed by atoms with E-state index in [9.17, 15) is 14.4 Å². The molecule has 0 spiro atoms. The molecule has 0 saturated heterocycles. The zero-order valence-electron chi connectivity index (χ0n) is 10.4. The van der Waals surface area contributed by atoms with Gasteiger partial charge in [0, 0.05) is 14.0 Å². The van der Waals surface area contributed by atoms with Crippen molar-refractivity contribution >= 4 is 17.7 Å². The van der Waals surface area contributed by atoms with Crippen molar-refractivity contribution in [3.8, 4) is 0 Å². The average Bonchev–Trinajstić information content (AvgIpc) is 2.36. The Morgan fingerprint density at radius 2 is 1.78 bits per heavy atom. The molecule has 96 valence electrons. The molecular formula is C13H15NO4. The van der Waals surface area contributed by atoms with E-state index in [-0.39, 0.29) is 13.2 Å². The molecule has 0 heterocycles. The lowest BCUT2D eigenvalue weighted by atomic mass is 10.2. The molecule has 0 unspecified atom stereocenters. The monoisotopic (exact) mass is 249 g/mol. The van der Waals surface area contributed by atoms with Crippen molar-refractivity contribution in [3.63, 3.8) is 0 Å². The molecule has 1 aromatic rings. The summed E-state index contributed by atoms with van der Waals surface area (Å²) in [5.41, 5.74) is 0.867. The molecule has 0 bridgehead atoms. The van der Waals surface area contributed by atoms with Crippen molar-refractivity contribution in [2.75, 3.05) is 13.6 Å². The Bertz CT molecular complexity index is 442. The maximum absolute atomic E-state index is 11.4. The number of hydrogen-bond acceptors (Lipinski definition) is 4. The van der Waals surface area contributed by atoms with Gasteiger partial charge in [0.15, 0.2) is 0 Å². The summed E-state index contributed by atoms with van der Waals surface area (Å²) in [7, 11) is 1.38. The van der Waals surface area contributed by atoms with Gasteiger partial charge in [-0.2, -0.15) is 0 Å². The summed E-state index contributed by atoms with van der Waals surface area (Å²) in [5.74, 6) is -1.85. The van der Waals surface area contributed by atoms with Crippen LogP contribution < -0.4 is 0 Å². The van der Waals surface area contributed by atoms with Gasteiger partial charge in [0.2, 0.25) is 5.78 Å². The molecule has 5 nitrogen and oxygen atoms in total. The number of rotatable bonds is 5. The SMILES string of the molecule is CC(=O)C(=O)N(C)CC(=O)OCc1ccccc1. The first-order valence-corrected chi connectivity index (χ1v) is 5.46. The predicted molar refractivity (Wildman–Crippen MR) is 64.6 cm³/mol. The smallest absolute Gasteiger partial charge is 0.325 e. The van der Waals surface area contributed by atoms with Crippen molar-refractivity contribution in [2.45, 2.75) is 13.5 Å². The Kier molecular flexibility index (Phi) is 5.05. The van der Waals surface area contributed by atoms with Gasteiger partial charge in [-0.25, -0.2) is 0 Å². The van der Waals surface area contributed by atoms with E-state index in [0.717, 1.165) is 17.4 Å². The zero-order chi connectivity index (χ0) is 13.5. The number of Topliss-reactive ketones (excluding diaryl/α,β-unsaturated/α-hetero) is 1. The number of hydrogen-bond donors (Lipinski definition) is 0. The number of carbonyl (C=O) groups excluding carboxylic acids is 3. The van der Waals surface area contributed by atoms with E-state index < -0.39 is 17.7 Å². The third-order valence-electron chi connectivity index (χ3n) is 2.26. The fraction of sp³-hybridized carbons (Fsp3) is 0.308. The second kappa shape index (κ2) is 6.54. The quantitative estimate of drug-likeness (QED) is 0.571. The second-order valence-corrected chi connectivity index (χ2v) is 3.86. The van der Waals surface area contributed by atoms with Gasteiger partial charge in [-0.3, -0.25) is 14.4 Å². The highest BCUT2D eigenvalue weighted by molar-refractivity contribution is 6.35. The number of ether oxygens (including phenoxy) is 1. The fourth-order valence-electron chi connectivity index (χ4n) is 1.32. The molecule has 0 saturated carbocycles. The number of benzene rings is 1. The lowest BCUT2D eigenvalue weighted by Crippen LogP contribution is -2.36. The van der Waals surface area contributed by atoms with Gasteiger partial charge in [-0.15, -0.1) is 0 Å². The van der Waals surface area contributed by atoms with Gasteiger partial charge in [0.1, 0.15) is 13.2 Å². The summed E-state index contributed by atoms with van der Waals surface area (Å²) in [6, 6.07) is 9.21. The third-order valence-corrected chi connectivity index (χ3v) is 2.26. The molecule has 0 aliphatic carbocycles. The highest BCUT2D eigenvalue weighted by atomic mass is 16.5. The van der Waals surface area contributed by atoms with Gasteiger partial charge in [0.05, 0.1) is 0 Å². The normalized spacial score (nSPS) is 9.67. The Morgan fingerprint density at radius 3 is 2.33 bits per heavy atom. The van der Waals surface area contributed by atoms with Crippen LogP contribution in [0.2, 0.25) is 0 Å². The van der Waals surface area contributed by atoms with E-state index in [4.69, 9.17) is 4.74 Å². The van der Waals surface area contributed by atoms with E-state index in [1.54, 1.807) is 0 Å². The van der Waals surface area contributed by atoms with Crippen LogP contribution in [0, 0.1) is 0 Å². The number of esters is 1. The van der Waals surface area contributed by atoms with Crippen molar-refractivity contribution in [2.24, 2.45) is 0 Å². The summed E-state index contributed by atoms with van der Waals surface area (Å²) in [4.78, 5) is 34.5. The van der Waals surface area contributed by atoms with E-state index in [2.05, 4.69) is 0 Å². The summed E-state index contributed by atoms with van der Waals surface area (Å²) < 4.78 is 4.98. The molecule has 0 aromatic heterocycles. The standard InChI is InChI=1S/C13H15NO4/c1-10(15)13(17)14(2)8-12(16)18-9-11-6-4-3-5-7-11/h3-7H,8-9H2,1-2H3. The van der Waals surface area contributed by atoms with Crippen molar-refractivity contribution in [3.05, 3.63) is 35.9 Å². The Hall–Kier alpha value is -2.17. The summed E-state index contributed by atoms with van der Waals surface area (Å²) in [5, 5.41) is 0. The molecule has 0 aliphatic heterocycles. The van der Waals surface area contributed by atoms with Crippen LogP contribution in [-0.2, 0) is 25.7 Å². The lowest BCUT2D eigenvalue weighted by Gasteiger charge is -2.14. The highest BCUT2D eigenvalue weighted by Crippen LogP contribution is 2.01. The number of likely N-dealkylation sites (N-methyl/N-ethyl adjacent to an activating group) is 1. The first kappa shape index (κ1) is 13.9.